The van der Waals surface area contributed by atoms with Gasteiger partial charge in [0.05, 0.1) is 19.4 Å². The molecule has 134 valence electrons. The Morgan fingerprint density at radius 1 is 1.12 bits per heavy atom. The van der Waals surface area contributed by atoms with Crippen molar-refractivity contribution in [3.8, 4) is 15.6 Å². The number of nitrogens with zero attached hydrogens (tertiary/aromatic N) is 3. The standard InChI is InChI=1S/C20H21N3O2S/c1-14-11-15(2)20(24)23(13-14)18-12-21-19(26-18)16-3-5-17(6-4-16)22-7-9-25-10-8-22/h3-6,11-13H,7-10H2,1-2H3. The number of anilines is 1. The number of aromatic nitrogens is 2. The van der Waals surface area contributed by atoms with Crippen LogP contribution in [0.2, 0.25) is 0 Å². The van der Waals surface area contributed by atoms with E-state index in [1.54, 1.807) is 10.8 Å². The van der Waals surface area contributed by atoms with Crippen molar-refractivity contribution < 1.29 is 4.74 Å². The van der Waals surface area contributed by atoms with Gasteiger partial charge in [-0.3, -0.25) is 9.36 Å². The number of rotatable bonds is 3. The lowest BCUT2D eigenvalue weighted by molar-refractivity contribution is 0.122. The maximum Gasteiger partial charge on any atom is 0.258 e. The number of pyridine rings is 1. The molecule has 0 aliphatic carbocycles. The third-order valence-corrected chi connectivity index (χ3v) is 5.60. The highest BCUT2D eigenvalue weighted by Gasteiger charge is 2.13. The predicted molar refractivity (Wildman–Crippen MR) is 106 cm³/mol. The number of thiazole rings is 1. The zero-order valence-electron chi connectivity index (χ0n) is 14.9. The highest BCUT2D eigenvalue weighted by molar-refractivity contribution is 7.17. The molecule has 1 aliphatic rings. The first kappa shape index (κ1) is 17.0. The van der Waals surface area contributed by atoms with Gasteiger partial charge in [-0.1, -0.05) is 11.3 Å². The summed E-state index contributed by atoms with van der Waals surface area (Å²) in [6, 6.07) is 10.4. The fourth-order valence-corrected chi connectivity index (χ4v) is 4.10. The summed E-state index contributed by atoms with van der Waals surface area (Å²) in [5.41, 5.74) is 4.09. The molecule has 0 bridgehead atoms. The molecular formula is C20H21N3O2S. The lowest BCUT2D eigenvalue weighted by Gasteiger charge is -2.28. The van der Waals surface area contributed by atoms with E-state index in [2.05, 4.69) is 34.1 Å². The molecule has 1 aliphatic heterocycles. The van der Waals surface area contributed by atoms with Gasteiger partial charge in [0.2, 0.25) is 0 Å². The van der Waals surface area contributed by atoms with Crippen LogP contribution in [-0.4, -0.2) is 35.9 Å². The number of hydrogen-bond acceptors (Lipinski definition) is 5. The van der Waals surface area contributed by atoms with Crippen LogP contribution in [0.3, 0.4) is 0 Å². The molecule has 0 amide bonds. The van der Waals surface area contributed by atoms with Gasteiger partial charge < -0.3 is 9.64 Å². The van der Waals surface area contributed by atoms with Crippen molar-refractivity contribution in [3.63, 3.8) is 0 Å². The molecule has 3 heterocycles. The van der Waals surface area contributed by atoms with Crippen molar-refractivity contribution in [2.75, 3.05) is 31.2 Å². The smallest absolute Gasteiger partial charge is 0.258 e. The van der Waals surface area contributed by atoms with Gasteiger partial charge in [0.25, 0.3) is 5.56 Å². The van der Waals surface area contributed by atoms with Gasteiger partial charge in [0.1, 0.15) is 10.0 Å². The molecule has 6 heteroatoms. The van der Waals surface area contributed by atoms with Crippen molar-refractivity contribution in [3.05, 3.63) is 64.2 Å². The molecule has 4 rings (SSSR count). The number of morpholine rings is 1. The van der Waals surface area contributed by atoms with Crippen molar-refractivity contribution in [1.82, 2.24) is 9.55 Å². The average molecular weight is 367 g/mol. The summed E-state index contributed by atoms with van der Waals surface area (Å²) in [4.78, 5) is 19.3. The van der Waals surface area contributed by atoms with E-state index in [0.29, 0.717) is 0 Å². The Labute approximate surface area is 156 Å². The monoisotopic (exact) mass is 367 g/mol. The van der Waals surface area contributed by atoms with Gasteiger partial charge in [-0.05, 0) is 49.7 Å². The number of aryl methyl sites for hydroxylation is 2. The largest absolute Gasteiger partial charge is 0.378 e. The molecule has 0 atom stereocenters. The summed E-state index contributed by atoms with van der Waals surface area (Å²) in [7, 11) is 0. The Morgan fingerprint density at radius 3 is 2.58 bits per heavy atom. The lowest BCUT2D eigenvalue weighted by Crippen LogP contribution is -2.36. The van der Waals surface area contributed by atoms with Gasteiger partial charge in [-0.25, -0.2) is 4.98 Å². The van der Waals surface area contributed by atoms with Crippen LogP contribution in [0, 0.1) is 13.8 Å². The van der Waals surface area contributed by atoms with Crippen molar-refractivity contribution in [2.24, 2.45) is 0 Å². The third-order valence-electron chi connectivity index (χ3n) is 4.55. The normalized spacial score (nSPS) is 14.6. The molecule has 0 spiro atoms. The van der Waals surface area contributed by atoms with Crippen LogP contribution in [0.1, 0.15) is 11.1 Å². The highest BCUT2D eigenvalue weighted by Crippen LogP contribution is 2.29. The summed E-state index contributed by atoms with van der Waals surface area (Å²) in [5.74, 6) is 0. The number of ether oxygens (including phenoxy) is 1. The summed E-state index contributed by atoms with van der Waals surface area (Å²) in [6.07, 6.45) is 3.64. The number of benzene rings is 1. The minimum absolute atomic E-state index is 0.00784. The van der Waals surface area contributed by atoms with E-state index in [9.17, 15) is 4.79 Å². The molecule has 3 aromatic rings. The molecule has 0 unspecified atom stereocenters. The van der Waals surface area contributed by atoms with Gasteiger partial charge >= 0.3 is 0 Å². The Hall–Kier alpha value is -2.44. The second-order valence-corrected chi connectivity index (χ2v) is 7.53. The maximum absolute atomic E-state index is 12.4. The Balaban J connectivity index is 1.61. The second-order valence-electron chi connectivity index (χ2n) is 6.53. The van der Waals surface area contributed by atoms with Crippen LogP contribution in [-0.2, 0) is 4.74 Å². The van der Waals surface area contributed by atoms with E-state index in [1.807, 2.05) is 26.1 Å². The van der Waals surface area contributed by atoms with Gasteiger partial charge in [-0.15, -0.1) is 0 Å². The molecule has 0 radical (unpaired) electrons. The Bertz CT molecular complexity index is 969. The fourth-order valence-electron chi connectivity index (χ4n) is 3.20. The second kappa shape index (κ2) is 7.05. The molecule has 26 heavy (non-hydrogen) atoms. The SMILES string of the molecule is Cc1cc(C)c(=O)n(-c2cnc(-c3ccc(N4CCOCC4)cc3)s2)c1. The summed E-state index contributed by atoms with van der Waals surface area (Å²) >= 11 is 1.53. The van der Waals surface area contributed by atoms with Crippen LogP contribution in [0.15, 0.2) is 47.5 Å². The predicted octanol–water partition coefficient (Wildman–Crippen LogP) is 3.41. The quantitative estimate of drug-likeness (QED) is 0.712. The summed E-state index contributed by atoms with van der Waals surface area (Å²) < 4.78 is 7.10. The van der Waals surface area contributed by atoms with Gasteiger partial charge in [-0.2, -0.15) is 0 Å². The van der Waals surface area contributed by atoms with E-state index < -0.39 is 0 Å². The zero-order chi connectivity index (χ0) is 18.1. The molecule has 1 aromatic carbocycles. The maximum atomic E-state index is 12.4. The Morgan fingerprint density at radius 2 is 1.85 bits per heavy atom. The van der Waals surface area contributed by atoms with Crippen LogP contribution < -0.4 is 10.5 Å². The fraction of sp³-hybridized carbons (Fsp3) is 0.300. The number of hydrogen-bond donors (Lipinski definition) is 0. The van der Waals surface area contributed by atoms with Crippen LogP contribution >= 0.6 is 11.3 Å². The van der Waals surface area contributed by atoms with Crippen molar-refractivity contribution in [2.45, 2.75) is 13.8 Å². The lowest BCUT2D eigenvalue weighted by atomic mass is 10.2. The average Bonchev–Trinajstić information content (AvgIpc) is 3.15. The summed E-state index contributed by atoms with van der Waals surface area (Å²) in [6.45, 7) is 7.25. The molecule has 1 saturated heterocycles. The zero-order valence-corrected chi connectivity index (χ0v) is 15.8. The van der Waals surface area contributed by atoms with Gasteiger partial charge in [0.15, 0.2) is 0 Å². The molecule has 5 nitrogen and oxygen atoms in total. The molecule has 0 saturated carbocycles. The molecular weight excluding hydrogens is 346 g/mol. The molecule has 2 aromatic heterocycles. The van der Waals surface area contributed by atoms with E-state index in [-0.39, 0.29) is 5.56 Å². The topological polar surface area (TPSA) is 47.4 Å². The molecule has 0 N–H and O–H groups in total. The van der Waals surface area contributed by atoms with Crippen molar-refractivity contribution >= 4 is 17.0 Å². The van der Waals surface area contributed by atoms with Crippen molar-refractivity contribution in [1.29, 1.82) is 0 Å². The Kier molecular flexibility index (Phi) is 4.61. The first-order chi connectivity index (χ1) is 12.6. The third kappa shape index (κ3) is 3.30. The summed E-state index contributed by atoms with van der Waals surface area (Å²) in [5, 5.41) is 1.76. The highest BCUT2D eigenvalue weighted by atomic mass is 32.1. The minimum Gasteiger partial charge on any atom is -0.378 e. The van der Waals surface area contributed by atoms with E-state index in [1.165, 1.54) is 17.0 Å². The van der Waals surface area contributed by atoms with Crippen LogP contribution in [0.4, 0.5) is 5.69 Å². The minimum atomic E-state index is 0.00784. The molecule has 1 fully saturated rings. The van der Waals surface area contributed by atoms with Crippen LogP contribution in [0.5, 0.6) is 0 Å². The van der Waals surface area contributed by atoms with Gasteiger partial charge in [0, 0.05) is 36.1 Å². The first-order valence-corrected chi connectivity index (χ1v) is 9.53. The van der Waals surface area contributed by atoms with Crippen LogP contribution in [0.25, 0.3) is 15.6 Å². The van der Waals surface area contributed by atoms with E-state index in [4.69, 9.17) is 4.74 Å². The van der Waals surface area contributed by atoms with E-state index in [0.717, 1.165) is 53.0 Å². The first-order valence-electron chi connectivity index (χ1n) is 8.71. The van der Waals surface area contributed by atoms with E-state index >= 15 is 0 Å².